The van der Waals surface area contributed by atoms with Crippen molar-refractivity contribution in [1.82, 2.24) is 15.3 Å². The van der Waals surface area contributed by atoms with Gasteiger partial charge in [-0.2, -0.15) is 0 Å². The summed E-state index contributed by atoms with van der Waals surface area (Å²) in [4.78, 5) is 22.6. The van der Waals surface area contributed by atoms with E-state index in [0.29, 0.717) is 19.0 Å². The Hall–Kier alpha value is -1.96. The third-order valence-corrected chi connectivity index (χ3v) is 5.54. The number of aromatic nitrogens is 2. The molecule has 0 radical (unpaired) electrons. The lowest BCUT2D eigenvalue weighted by Gasteiger charge is -2.13. The van der Waals surface area contributed by atoms with Crippen LogP contribution in [0.5, 0.6) is 0 Å². The Morgan fingerprint density at radius 2 is 2.12 bits per heavy atom. The van der Waals surface area contributed by atoms with Crippen LogP contribution < -0.4 is 5.32 Å². The first-order valence-corrected chi connectivity index (χ1v) is 9.69. The number of fused-ring (bicyclic) bond motifs is 1. The molecule has 0 aliphatic heterocycles. The predicted octanol–water partition coefficient (Wildman–Crippen LogP) is 3.60. The molecule has 1 N–H and O–H groups in total. The number of nitrogens with one attached hydrogen (secondary N) is 1. The molecule has 2 aromatic heterocycles. The summed E-state index contributed by atoms with van der Waals surface area (Å²) in [6.07, 6.45) is 0. The van der Waals surface area contributed by atoms with Crippen LogP contribution in [0.3, 0.4) is 0 Å². The second-order valence-corrected chi connectivity index (χ2v) is 7.67. The highest BCUT2D eigenvalue weighted by Gasteiger charge is 2.18. The number of amides is 1. The van der Waals surface area contributed by atoms with E-state index in [2.05, 4.69) is 10.3 Å². The van der Waals surface area contributed by atoms with Crippen molar-refractivity contribution >= 4 is 39.9 Å². The van der Waals surface area contributed by atoms with Gasteiger partial charge in [-0.3, -0.25) is 4.79 Å². The van der Waals surface area contributed by atoms with Gasteiger partial charge in [-0.15, -0.1) is 11.3 Å². The van der Waals surface area contributed by atoms with Gasteiger partial charge in [-0.1, -0.05) is 36.0 Å². The Balaban J connectivity index is 1.88. The van der Waals surface area contributed by atoms with Gasteiger partial charge in [0.2, 0.25) is 5.91 Å². The van der Waals surface area contributed by atoms with E-state index in [-0.39, 0.29) is 11.2 Å². The highest BCUT2D eigenvalue weighted by Crippen LogP contribution is 2.32. The lowest BCUT2D eigenvalue weighted by molar-refractivity contribution is -0.120. The first kappa shape index (κ1) is 17.8. The Morgan fingerprint density at radius 1 is 1.28 bits per heavy atom. The van der Waals surface area contributed by atoms with Crippen molar-refractivity contribution in [1.29, 1.82) is 0 Å². The first-order valence-electron chi connectivity index (χ1n) is 7.93. The number of hydrogen-bond donors (Lipinski definition) is 1. The standard InChI is InChI=1S/C18H19N3O2S2/c1-12(17(22)19-9-10-23-2)25-18-13-6-3-4-7-14(13)20-16(21-18)15-8-5-11-24-15/h3-8,11-12H,9-10H2,1-2H3,(H,19,22)/t12-/m1/s1. The van der Waals surface area contributed by atoms with Gasteiger partial charge in [0.05, 0.1) is 22.3 Å². The minimum Gasteiger partial charge on any atom is -0.383 e. The molecule has 1 aromatic carbocycles. The molecule has 130 valence electrons. The van der Waals surface area contributed by atoms with E-state index in [1.54, 1.807) is 18.4 Å². The number of thiophene rings is 1. The van der Waals surface area contributed by atoms with Crippen LogP contribution in [-0.4, -0.2) is 41.4 Å². The number of rotatable bonds is 7. The summed E-state index contributed by atoms with van der Waals surface area (Å²) in [5.41, 5.74) is 0.885. The van der Waals surface area contributed by atoms with E-state index < -0.39 is 0 Å². The van der Waals surface area contributed by atoms with Crippen LogP contribution in [0.2, 0.25) is 0 Å². The van der Waals surface area contributed by atoms with Crippen LogP contribution in [0.4, 0.5) is 0 Å². The number of para-hydroxylation sites is 1. The quantitative estimate of drug-likeness (QED) is 0.389. The topological polar surface area (TPSA) is 64.1 Å². The third kappa shape index (κ3) is 4.36. The number of benzene rings is 1. The molecule has 0 saturated heterocycles. The number of nitrogens with zero attached hydrogens (tertiary/aromatic N) is 2. The maximum atomic E-state index is 12.2. The zero-order valence-electron chi connectivity index (χ0n) is 14.1. The van der Waals surface area contributed by atoms with Gasteiger partial charge < -0.3 is 10.1 Å². The van der Waals surface area contributed by atoms with Crippen LogP contribution in [0.15, 0.2) is 46.8 Å². The van der Waals surface area contributed by atoms with E-state index >= 15 is 0 Å². The molecule has 0 fully saturated rings. The molecule has 25 heavy (non-hydrogen) atoms. The fourth-order valence-corrected chi connectivity index (χ4v) is 3.92. The summed E-state index contributed by atoms with van der Waals surface area (Å²) in [6.45, 7) is 2.89. The van der Waals surface area contributed by atoms with Crippen LogP contribution >= 0.6 is 23.1 Å². The molecule has 0 aliphatic carbocycles. The maximum absolute atomic E-state index is 12.2. The summed E-state index contributed by atoms with van der Waals surface area (Å²) < 4.78 is 4.96. The average molecular weight is 374 g/mol. The Bertz CT molecular complexity index is 853. The van der Waals surface area contributed by atoms with E-state index in [1.807, 2.05) is 48.7 Å². The summed E-state index contributed by atoms with van der Waals surface area (Å²) in [5, 5.41) is 6.40. The molecule has 1 amide bonds. The monoisotopic (exact) mass is 373 g/mol. The van der Waals surface area contributed by atoms with E-state index in [4.69, 9.17) is 9.72 Å². The third-order valence-electron chi connectivity index (χ3n) is 3.57. The molecule has 2 heterocycles. The lowest BCUT2D eigenvalue weighted by atomic mass is 10.2. The zero-order valence-corrected chi connectivity index (χ0v) is 15.7. The normalized spacial score (nSPS) is 12.2. The average Bonchev–Trinajstić information content (AvgIpc) is 3.16. The van der Waals surface area contributed by atoms with Gasteiger partial charge in [0.25, 0.3) is 0 Å². The van der Waals surface area contributed by atoms with Crippen molar-refractivity contribution in [3.8, 4) is 10.7 Å². The molecule has 0 saturated carbocycles. The van der Waals surface area contributed by atoms with Crippen molar-refractivity contribution in [2.45, 2.75) is 17.2 Å². The molecule has 0 bridgehead atoms. The van der Waals surface area contributed by atoms with Crippen LogP contribution in [0, 0.1) is 0 Å². The summed E-state index contributed by atoms with van der Waals surface area (Å²) in [5.74, 6) is 0.672. The summed E-state index contributed by atoms with van der Waals surface area (Å²) in [7, 11) is 1.61. The van der Waals surface area contributed by atoms with Crippen molar-refractivity contribution in [2.75, 3.05) is 20.3 Å². The molecule has 1 atom stereocenters. The predicted molar refractivity (Wildman–Crippen MR) is 103 cm³/mol. The molecular formula is C18H19N3O2S2. The lowest BCUT2D eigenvalue weighted by Crippen LogP contribution is -2.33. The minimum atomic E-state index is -0.258. The minimum absolute atomic E-state index is 0.0255. The Labute approximate surface area is 154 Å². The highest BCUT2D eigenvalue weighted by atomic mass is 32.2. The van der Waals surface area contributed by atoms with E-state index in [0.717, 1.165) is 20.8 Å². The van der Waals surface area contributed by atoms with E-state index in [9.17, 15) is 4.79 Å². The summed E-state index contributed by atoms with van der Waals surface area (Å²) >= 11 is 3.06. The smallest absolute Gasteiger partial charge is 0.233 e. The molecule has 3 aromatic rings. The first-order chi connectivity index (χ1) is 12.2. The molecule has 3 rings (SSSR count). The molecule has 0 unspecified atom stereocenters. The number of carbonyl (C=O) groups is 1. The molecule has 5 nitrogen and oxygen atoms in total. The van der Waals surface area contributed by atoms with E-state index in [1.165, 1.54) is 11.8 Å². The van der Waals surface area contributed by atoms with Crippen molar-refractivity contribution < 1.29 is 9.53 Å². The fraction of sp³-hybridized carbons (Fsp3) is 0.278. The highest BCUT2D eigenvalue weighted by molar-refractivity contribution is 8.00. The Kier molecular flexibility index (Phi) is 6.01. The van der Waals surface area contributed by atoms with Crippen molar-refractivity contribution in [3.05, 3.63) is 41.8 Å². The number of hydrogen-bond acceptors (Lipinski definition) is 6. The van der Waals surface area contributed by atoms with Gasteiger partial charge >= 0.3 is 0 Å². The molecule has 0 aliphatic rings. The van der Waals surface area contributed by atoms with Gasteiger partial charge in [0, 0.05) is 19.0 Å². The van der Waals surface area contributed by atoms with Gasteiger partial charge in [0.1, 0.15) is 5.03 Å². The number of carbonyl (C=O) groups excluding carboxylic acids is 1. The number of thioether (sulfide) groups is 1. The van der Waals surface area contributed by atoms with Gasteiger partial charge in [-0.25, -0.2) is 9.97 Å². The molecule has 7 heteroatoms. The van der Waals surface area contributed by atoms with Crippen LogP contribution in [0.1, 0.15) is 6.92 Å². The number of ether oxygens (including phenoxy) is 1. The Morgan fingerprint density at radius 3 is 2.88 bits per heavy atom. The maximum Gasteiger partial charge on any atom is 0.233 e. The second kappa shape index (κ2) is 8.42. The largest absolute Gasteiger partial charge is 0.383 e. The SMILES string of the molecule is COCCNC(=O)[C@@H](C)Sc1nc(-c2cccs2)nc2ccccc12. The van der Waals surface area contributed by atoms with Gasteiger partial charge in [0.15, 0.2) is 5.82 Å². The van der Waals surface area contributed by atoms with Gasteiger partial charge in [-0.05, 0) is 24.4 Å². The fourth-order valence-electron chi connectivity index (χ4n) is 2.29. The van der Waals surface area contributed by atoms with Crippen LogP contribution in [0.25, 0.3) is 21.6 Å². The second-order valence-electron chi connectivity index (χ2n) is 5.39. The van der Waals surface area contributed by atoms with Crippen molar-refractivity contribution in [3.63, 3.8) is 0 Å². The van der Waals surface area contributed by atoms with Crippen LogP contribution in [-0.2, 0) is 9.53 Å². The molecular weight excluding hydrogens is 354 g/mol. The summed E-state index contributed by atoms with van der Waals surface area (Å²) in [6, 6.07) is 11.9. The molecule has 0 spiro atoms. The number of methoxy groups -OCH3 is 1. The van der Waals surface area contributed by atoms with Crippen molar-refractivity contribution in [2.24, 2.45) is 0 Å². The zero-order chi connectivity index (χ0) is 17.6.